The minimum absolute atomic E-state index is 0.223. The van der Waals surface area contributed by atoms with Gasteiger partial charge in [0.05, 0.1) is 12.2 Å². The summed E-state index contributed by atoms with van der Waals surface area (Å²) in [6.07, 6.45) is 0.887. The van der Waals surface area contributed by atoms with Crippen LogP contribution in [0.15, 0.2) is 33.9 Å². The molecule has 130 valence electrons. The van der Waals surface area contributed by atoms with Gasteiger partial charge < -0.3 is 15.4 Å². The molecule has 0 amide bonds. The summed E-state index contributed by atoms with van der Waals surface area (Å²) in [6.45, 7) is 4.39. The maximum atomic E-state index is 12.5. The van der Waals surface area contributed by atoms with Crippen LogP contribution in [0.2, 0.25) is 0 Å². The number of nitrogens with zero attached hydrogens (tertiary/aromatic N) is 1. The summed E-state index contributed by atoms with van der Waals surface area (Å²) >= 11 is 0. The minimum Gasteiger partial charge on any atom is -0.494 e. The van der Waals surface area contributed by atoms with Crippen LogP contribution in [0.1, 0.15) is 42.8 Å². The van der Waals surface area contributed by atoms with Crippen LogP contribution < -0.4 is 16.6 Å². The number of rotatable bonds is 2. The fourth-order valence-electron chi connectivity index (χ4n) is 3.84. The summed E-state index contributed by atoms with van der Waals surface area (Å²) in [5, 5.41) is 13.8. The number of nitrogens with one attached hydrogen (secondary N) is 2. The van der Waals surface area contributed by atoms with Crippen molar-refractivity contribution in [2.24, 2.45) is 0 Å². The van der Waals surface area contributed by atoms with Gasteiger partial charge in [0.2, 0.25) is 5.88 Å². The van der Waals surface area contributed by atoms with Gasteiger partial charge in [-0.15, -0.1) is 0 Å². The zero-order valence-electron chi connectivity index (χ0n) is 14.2. The Kier molecular flexibility index (Phi) is 3.54. The molecule has 0 aliphatic carbocycles. The summed E-state index contributed by atoms with van der Waals surface area (Å²) in [5.74, 6) is -0.253. The van der Waals surface area contributed by atoms with E-state index in [0.717, 1.165) is 29.6 Å². The molecule has 0 fully saturated rings. The van der Waals surface area contributed by atoms with Crippen molar-refractivity contribution < 1.29 is 10.4 Å². The lowest BCUT2D eigenvalue weighted by molar-refractivity contribution is -0.690. The van der Waals surface area contributed by atoms with E-state index in [1.165, 1.54) is 10.1 Å². The first kappa shape index (κ1) is 15.7. The van der Waals surface area contributed by atoms with E-state index in [1.807, 2.05) is 23.5 Å². The van der Waals surface area contributed by atoms with Crippen LogP contribution in [0.5, 0.6) is 5.88 Å². The standard InChI is InChI=1S/C18H20N4O3/c1-9(2)22-17(24)13(16(23)21-18(22)25)15-14-11(7-8-19-15)10-5-3-4-6-12(10)20-14/h3-6,9,15,19-20,24H,7-8H2,1-2H3,(H,21,23,25)/p+1/t15-/m1/s1. The number of aromatic nitrogens is 3. The Balaban J connectivity index is 1.98. The van der Waals surface area contributed by atoms with E-state index in [2.05, 4.69) is 16.0 Å². The Hall–Kier alpha value is -2.80. The zero-order chi connectivity index (χ0) is 17.7. The largest absolute Gasteiger partial charge is 0.494 e. The number of aromatic hydroxyl groups is 1. The van der Waals surface area contributed by atoms with Crippen LogP contribution in [-0.4, -0.2) is 26.2 Å². The van der Waals surface area contributed by atoms with Crippen LogP contribution in [-0.2, 0) is 6.42 Å². The number of hydrogen-bond acceptors (Lipinski definition) is 3. The highest BCUT2D eigenvalue weighted by Gasteiger charge is 2.34. The normalized spacial score (nSPS) is 17.2. The first-order valence-corrected chi connectivity index (χ1v) is 8.49. The number of nitrogens with two attached hydrogens (primary N) is 1. The van der Waals surface area contributed by atoms with Gasteiger partial charge in [0.15, 0.2) is 6.04 Å². The van der Waals surface area contributed by atoms with E-state index in [1.54, 1.807) is 13.8 Å². The van der Waals surface area contributed by atoms with E-state index in [4.69, 9.17) is 0 Å². The van der Waals surface area contributed by atoms with Crippen molar-refractivity contribution >= 4 is 10.9 Å². The molecule has 0 bridgehead atoms. The average molecular weight is 341 g/mol. The second-order valence-corrected chi connectivity index (χ2v) is 6.78. The van der Waals surface area contributed by atoms with E-state index in [-0.39, 0.29) is 23.5 Å². The van der Waals surface area contributed by atoms with Crippen LogP contribution in [0.4, 0.5) is 0 Å². The van der Waals surface area contributed by atoms with Crippen molar-refractivity contribution in [2.45, 2.75) is 32.4 Å². The molecule has 0 radical (unpaired) electrons. The van der Waals surface area contributed by atoms with Gasteiger partial charge in [-0.3, -0.25) is 14.3 Å². The topological polar surface area (TPSA) is 107 Å². The number of benzene rings is 1. The first-order chi connectivity index (χ1) is 12.0. The molecule has 3 heterocycles. The third kappa shape index (κ3) is 2.31. The predicted octanol–water partition coefficient (Wildman–Crippen LogP) is 0.513. The quantitative estimate of drug-likeness (QED) is 0.545. The van der Waals surface area contributed by atoms with Gasteiger partial charge in [-0.25, -0.2) is 4.79 Å². The van der Waals surface area contributed by atoms with Crippen LogP contribution in [0.25, 0.3) is 10.9 Å². The molecule has 1 aliphatic rings. The smallest absolute Gasteiger partial charge is 0.331 e. The molecule has 25 heavy (non-hydrogen) atoms. The number of quaternary nitrogens is 1. The van der Waals surface area contributed by atoms with Crippen molar-refractivity contribution in [3.05, 3.63) is 61.9 Å². The molecule has 1 atom stereocenters. The van der Waals surface area contributed by atoms with E-state index >= 15 is 0 Å². The average Bonchev–Trinajstić information content (AvgIpc) is 2.93. The highest BCUT2D eigenvalue weighted by molar-refractivity contribution is 5.85. The van der Waals surface area contributed by atoms with Gasteiger partial charge in [0.1, 0.15) is 5.56 Å². The zero-order valence-corrected chi connectivity index (χ0v) is 14.2. The maximum Gasteiger partial charge on any atom is 0.331 e. The Bertz CT molecular complexity index is 1070. The lowest BCUT2D eigenvalue weighted by Crippen LogP contribution is -2.87. The highest BCUT2D eigenvalue weighted by Crippen LogP contribution is 2.32. The van der Waals surface area contributed by atoms with Gasteiger partial charge in [0.25, 0.3) is 5.56 Å². The van der Waals surface area contributed by atoms with Crippen LogP contribution in [0, 0.1) is 0 Å². The number of hydrogen-bond donors (Lipinski definition) is 4. The van der Waals surface area contributed by atoms with Crippen LogP contribution in [0.3, 0.4) is 0 Å². The van der Waals surface area contributed by atoms with Crippen molar-refractivity contribution in [3.63, 3.8) is 0 Å². The molecule has 1 aromatic carbocycles. The summed E-state index contributed by atoms with van der Waals surface area (Å²) in [5.41, 5.74) is 2.20. The lowest BCUT2D eigenvalue weighted by Gasteiger charge is -2.23. The van der Waals surface area contributed by atoms with E-state index in [0.29, 0.717) is 0 Å². The Morgan fingerprint density at radius 1 is 1.24 bits per heavy atom. The van der Waals surface area contributed by atoms with E-state index < -0.39 is 11.2 Å². The molecule has 7 nitrogen and oxygen atoms in total. The predicted molar refractivity (Wildman–Crippen MR) is 94.0 cm³/mol. The SMILES string of the molecule is CC(C)n1c(O)c([C@H]2[NH2+]CCc3c2[nH]c2ccccc32)c(=O)[nH]c1=O. The van der Waals surface area contributed by atoms with Gasteiger partial charge in [-0.2, -0.15) is 0 Å². The Morgan fingerprint density at radius 2 is 2.00 bits per heavy atom. The second-order valence-electron chi connectivity index (χ2n) is 6.78. The summed E-state index contributed by atoms with van der Waals surface area (Å²) in [7, 11) is 0. The monoisotopic (exact) mass is 341 g/mol. The minimum atomic E-state index is -0.589. The molecular formula is C18H21N4O3+. The molecule has 4 rings (SSSR count). The molecule has 5 N–H and O–H groups in total. The number of para-hydroxylation sites is 1. The molecular weight excluding hydrogens is 320 g/mol. The molecule has 3 aromatic rings. The molecule has 2 aromatic heterocycles. The molecule has 1 aliphatic heterocycles. The third-order valence-corrected chi connectivity index (χ3v) is 4.93. The van der Waals surface area contributed by atoms with Crippen molar-refractivity contribution in [1.82, 2.24) is 14.5 Å². The molecule has 0 unspecified atom stereocenters. The number of H-pyrrole nitrogens is 2. The summed E-state index contributed by atoms with van der Waals surface area (Å²) in [4.78, 5) is 30.3. The summed E-state index contributed by atoms with van der Waals surface area (Å²) < 4.78 is 1.22. The Labute approximate surface area is 143 Å². The third-order valence-electron chi connectivity index (χ3n) is 4.93. The fraction of sp³-hybridized carbons (Fsp3) is 0.333. The second kappa shape index (κ2) is 5.63. The Morgan fingerprint density at radius 3 is 2.76 bits per heavy atom. The lowest BCUT2D eigenvalue weighted by atomic mass is 9.95. The molecule has 0 saturated heterocycles. The summed E-state index contributed by atoms with van der Waals surface area (Å²) in [6, 6.07) is 7.40. The number of aromatic amines is 2. The van der Waals surface area contributed by atoms with Crippen molar-refractivity contribution in [2.75, 3.05) is 6.54 Å². The van der Waals surface area contributed by atoms with Gasteiger partial charge >= 0.3 is 5.69 Å². The van der Waals surface area contributed by atoms with Gasteiger partial charge in [-0.1, -0.05) is 18.2 Å². The van der Waals surface area contributed by atoms with Crippen LogP contribution >= 0.6 is 0 Å². The van der Waals surface area contributed by atoms with Gasteiger partial charge in [0, 0.05) is 23.4 Å². The van der Waals surface area contributed by atoms with Gasteiger partial charge in [-0.05, 0) is 25.5 Å². The molecule has 0 saturated carbocycles. The maximum absolute atomic E-state index is 12.5. The first-order valence-electron chi connectivity index (χ1n) is 8.49. The van der Waals surface area contributed by atoms with E-state index in [9.17, 15) is 14.7 Å². The fourth-order valence-corrected chi connectivity index (χ4v) is 3.84. The molecule has 0 spiro atoms. The highest BCUT2D eigenvalue weighted by atomic mass is 16.3. The van der Waals surface area contributed by atoms with Crippen molar-refractivity contribution in [1.29, 1.82) is 0 Å². The van der Waals surface area contributed by atoms with Crippen molar-refractivity contribution in [3.8, 4) is 5.88 Å². The molecule has 7 heteroatoms. The number of fused-ring (bicyclic) bond motifs is 3.